The maximum atomic E-state index is 12.2. The maximum Gasteiger partial charge on any atom is 0.249 e. The highest BCUT2D eigenvalue weighted by atomic mass is 16.1. The van der Waals surface area contributed by atoms with Gasteiger partial charge in [-0.15, -0.1) is 0 Å². The summed E-state index contributed by atoms with van der Waals surface area (Å²) < 4.78 is 1.72. The zero-order chi connectivity index (χ0) is 14.5. The zero-order valence-electron chi connectivity index (χ0n) is 11.7. The Morgan fingerprint density at radius 1 is 1.00 bits per heavy atom. The van der Waals surface area contributed by atoms with Gasteiger partial charge in [0.2, 0.25) is 23.8 Å². The molecule has 1 aromatic heterocycles. The van der Waals surface area contributed by atoms with Crippen LogP contribution in [0.1, 0.15) is 34.7 Å². The van der Waals surface area contributed by atoms with Crippen molar-refractivity contribution in [1.82, 2.24) is 0 Å². The molecule has 1 heterocycles. The lowest BCUT2D eigenvalue weighted by Gasteiger charge is -2.05. The van der Waals surface area contributed by atoms with Crippen LogP contribution in [0.15, 0.2) is 54.7 Å². The van der Waals surface area contributed by atoms with E-state index in [-0.39, 0.29) is 24.0 Å². The van der Waals surface area contributed by atoms with E-state index in [9.17, 15) is 9.59 Å². The van der Waals surface area contributed by atoms with Crippen LogP contribution >= 0.6 is 0 Å². The third-order valence-corrected chi connectivity index (χ3v) is 3.13. The molecule has 0 saturated carbocycles. The number of carbonyl (C=O) groups excluding carboxylic acids is 2. The van der Waals surface area contributed by atoms with Crippen LogP contribution in [0.3, 0.4) is 0 Å². The summed E-state index contributed by atoms with van der Waals surface area (Å²) in [4.78, 5) is 24.4. The fourth-order valence-corrected chi connectivity index (χ4v) is 2.00. The number of ketones is 2. The molecule has 2 aromatic rings. The van der Waals surface area contributed by atoms with Crippen molar-refractivity contribution >= 4 is 11.6 Å². The van der Waals surface area contributed by atoms with Crippen LogP contribution < -0.4 is 4.57 Å². The van der Waals surface area contributed by atoms with Gasteiger partial charge in [-0.05, 0) is 6.07 Å². The van der Waals surface area contributed by atoms with Gasteiger partial charge in [0.25, 0.3) is 0 Å². The predicted molar refractivity (Wildman–Crippen MR) is 76.6 cm³/mol. The number of hydrogen-bond donors (Lipinski definition) is 0. The van der Waals surface area contributed by atoms with E-state index in [4.69, 9.17) is 0 Å². The summed E-state index contributed by atoms with van der Waals surface area (Å²) in [6.07, 6.45) is 1.77. The summed E-state index contributed by atoms with van der Waals surface area (Å²) in [5.41, 5.74) is 1.23. The molecule has 0 aliphatic carbocycles. The molecule has 0 aliphatic rings. The molecule has 102 valence electrons. The van der Waals surface area contributed by atoms with Gasteiger partial charge < -0.3 is 0 Å². The van der Waals surface area contributed by atoms with Crippen LogP contribution in [0, 0.1) is 5.92 Å². The smallest absolute Gasteiger partial charge is 0.249 e. The second-order valence-electron chi connectivity index (χ2n) is 5.02. The Hall–Kier alpha value is -2.29. The molecule has 2 rings (SSSR count). The van der Waals surface area contributed by atoms with Gasteiger partial charge in [-0.25, -0.2) is 0 Å². The monoisotopic (exact) mass is 268 g/mol. The first-order valence-electron chi connectivity index (χ1n) is 6.70. The van der Waals surface area contributed by atoms with Crippen molar-refractivity contribution in [2.45, 2.75) is 20.4 Å². The van der Waals surface area contributed by atoms with Crippen molar-refractivity contribution in [2.75, 3.05) is 0 Å². The van der Waals surface area contributed by atoms with Crippen LogP contribution in [-0.4, -0.2) is 11.6 Å². The van der Waals surface area contributed by atoms with Crippen molar-refractivity contribution in [3.8, 4) is 0 Å². The molecule has 0 aliphatic heterocycles. The number of carbonyl (C=O) groups is 2. The number of benzene rings is 1. The van der Waals surface area contributed by atoms with E-state index in [1.54, 1.807) is 29.0 Å². The molecule has 0 radical (unpaired) electrons. The van der Waals surface area contributed by atoms with E-state index < -0.39 is 0 Å². The van der Waals surface area contributed by atoms with E-state index in [1.165, 1.54) is 0 Å². The predicted octanol–water partition coefficient (Wildman–Crippen LogP) is 2.70. The minimum atomic E-state index is -0.0875. The van der Waals surface area contributed by atoms with Gasteiger partial charge in [-0.2, -0.15) is 4.57 Å². The number of pyridine rings is 1. The Bertz CT molecular complexity index is 618. The fourth-order valence-electron chi connectivity index (χ4n) is 2.00. The summed E-state index contributed by atoms with van der Waals surface area (Å²) in [5, 5.41) is 0. The van der Waals surface area contributed by atoms with E-state index in [2.05, 4.69) is 0 Å². The van der Waals surface area contributed by atoms with Crippen molar-refractivity contribution in [2.24, 2.45) is 5.92 Å². The lowest BCUT2D eigenvalue weighted by atomic mass is 10.0. The lowest BCUT2D eigenvalue weighted by molar-refractivity contribution is -0.685. The van der Waals surface area contributed by atoms with Crippen molar-refractivity contribution in [3.05, 3.63) is 66.0 Å². The highest BCUT2D eigenvalue weighted by Gasteiger charge is 2.23. The van der Waals surface area contributed by atoms with Gasteiger partial charge in [0, 0.05) is 23.6 Å². The average molecular weight is 268 g/mol. The Labute approximate surface area is 118 Å². The number of hydrogen-bond acceptors (Lipinski definition) is 2. The van der Waals surface area contributed by atoms with E-state index in [0.717, 1.165) is 0 Å². The molecule has 0 saturated heterocycles. The quantitative estimate of drug-likeness (QED) is 0.617. The fraction of sp³-hybridized carbons (Fsp3) is 0.235. The van der Waals surface area contributed by atoms with Gasteiger partial charge in [0.15, 0.2) is 6.20 Å². The van der Waals surface area contributed by atoms with Crippen LogP contribution in [0.5, 0.6) is 0 Å². The summed E-state index contributed by atoms with van der Waals surface area (Å²) in [5.74, 6) is -0.0402. The lowest BCUT2D eigenvalue weighted by Crippen LogP contribution is -2.44. The number of nitrogens with zero attached hydrogens (tertiary/aromatic N) is 1. The van der Waals surface area contributed by atoms with E-state index in [0.29, 0.717) is 11.3 Å². The summed E-state index contributed by atoms with van der Waals surface area (Å²) in [7, 11) is 0. The maximum absolute atomic E-state index is 12.2. The molecule has 0 N–H and O–H groups in total. The van der Waals surface area contributed by atoms with Gasteiger partial charge in [-0.3, -0.25) is 9.59 Å². The number of rotatable bonds is 5. The summed E-state index contributed by atoms with van der Waals surface area (Å²) >= 11 is 0. The van der Waals surface area contributed by atoms with E-state index in [1.807, 2.05) is 44.2 Å². The van der Waals surface area contributed by atoms with E-state index >= 15 is 0 Å². The number of Topliss-reactive ketones (excluding diaryl/α,β-unsaturated/α-hetero) is 2. The Morgan fingerprint density at radius 2 is 1.65 bits per heavy atom. The largest absolute Gasteiger partial charge is 0.287 e. The molecule has 3 nitrogen and oxygen atoms in total. The summed E-state index contributed by atoms with van der Waals surface area (Å²) in [6, 6.07) is 14.5. The topological polar surface area (TPSA) is 38.0 Å². The van der Waals surface area contributed by atoms with Gasteiger partial charge in [0.1, 0.15) is 0 Å². The van der Waals surface area contributed by atoms with Gasteiger partial charge in [-0.1, -0.05) is 44.2 Å². The molecule has 0 fully saturated rings. The first-order valence-corrected chi connectivity index (χ1v) is 6.70. The van der Waals surface area contributed by atoms with Crippen LogP contribution in [0.25, 0.3) is 0 Å². The van der Waals surface area contributed by atoms with Crippen molar-refractivity contribution in [3.63, 3.8) is 0 Å². The molecule has 0 bridgehead atoms. The minimum absolute atomic E-state index is 0.000365. The Balaban J connectivity index is 2.26. The molecule has 20 heavy (non-hydrogen) atoms. The molecule has 0 atom stereocenters. The van der Waals surface area contributed by atoms with Crippen molar-refractivity contribution in [1.29, 1.82) is 0 Å². The summed E-state index contributed by atoms with van der Waals surface area (Å²) in [6.45, 7) is 3.90. The average Bonchev–Trinajstić information content (AvgIpc) is 2.48. The first-order chi connectivity index (χ1) is 9.59. The molecular weight excluding hydrogens is 250 g/mol. The third-order valence-electron chi connectivity index (χ3n) is 3.13. The van der Waals surface area contributed by atoms with Crippen LogP contribution in [0.2, 0.25) is 0 Å². The number of aromatic nitrogens is 1. The molecule has 0 spiro atoms. The molecule has 3 heteroatoms. The second-order valence-corrected chi connectivity index (χ2v) is 5.02. The SMILES string of the molecule is CC(C)C(=O)c1cccc[n+]1CC(=O)c1ccccc1. The van der Waals surface area contributed by atoms with Crippen LogP contribution in [0.4, 0.5) is 0 Å². The zero-order valence-corrected chi connectivity index (χ0v) is 11.7. The highest BCUT2D eigenvalue weighted by molar-refractivity contribution is 5.96. The molecular formula is C17H18NO2+. The Morgan fingerprint density at radius 3 is 2.30 bits per heavy atom. The molecule has 0 amide bonds. The standard InChI is InChI=1S/C17H18NO2/c1-13(2)17(20)15-10-6-7-11-18(15)12-16(19)14-8-4-3-5-9-14/h3-11,13H,12H2,1-2H3/q+1. The van der Waals surface area contributed by atoms with Gasteiger partial charge in [0.05, 0.1) is 0 Å². The van der Waals surface area contributed by atoms with Crippen LogP contribution in [-0.2, 0) is 6.54 Å². The first kappa shape index (κ1) is 14.1. The Kier molecular flexibility index (Phi) is 4.41. The third kappa shape index (κ3) is 3.18. The molecule has 1 aromatic carbocycles. The normalized spacial score (nSPS) is 10.6. The second kappa shape index (κ2) is 6.24. The van der Waals surface area contributed by atoms with Crippen molar-refractivity contribution < 1.29 is 14.2 Å². The highest BCUT2D eigenvalue weighted by Crippen LogP contribution is 2.05. The van der Waals surface area contributed by atoms with Gasteiger partial charge >= 0.3 is 0 Å². The molecule has 0 unspecified atom stereocenters. The minimum Gasteiger partial charge on any atom is -0.287 e.